The summed E-state index contributed by atoms with van der Waals surface area (Å²) in [6.07, 6.45) is 0.337. The van der Waals surface area contributed by atoms with Crippen molar-refractivity contribution in [3.8, 4) is 0 Å². The molecule has 0 aromatic heterocycles. The topological polar surface area (TPSA) is 63.4 Å². The number of rotatable bonds is 4. The molecule has 2 N–H and O–H groups in total. The van der Waals surface area contributed by atoms with E-state index in [2.05, 4.69) is 0 Å². The second-order valence-electron chi connectivity index (χ2n) is 3.27. The minimum Gasteiger partial charge on any atom is -0.368 e. The lowest BCUT2D eigenvalue weighted by molar-refractivity contribution is -0.116. The minimum absolute atomic E-state index is 0.105. The first-order chi connectivity index (χ1) is 7.45. The number of nitrogens with zero attached hydrogens (tertiary/aromatic N) is 1. The fourth-order valence-electron chi connectivity index (χ4n) is 1.33. The summed E-state index contributed by atoms with van der Waals surface area (Å²) in [4.78, 5) is 22.0. The average Bonchev–Trinajstić information content (AvgIpc) is 2.15. The molecule has 1 rings (SSSR count). The van der Waals surface area contributed by atoms with Gasteiger partial charge in [-0.25, -0.2) is 8.78 Å². The third-order valence-corrected chi connectivity index (χ3v) is 1.95. The molecule has 0 saturated heterocycles. The van der Waals surface area contributed by atoms with Crippen molar-refractivity contribution in [2.24, 2.45) is 5.73 Å². The molecule has 0 atom stereocenters. The third kappa shape index (κ3) is 2.53. The number of aldehydes is 1. The van der Waals surface area contributed by atoms with Crippen molar-refractivity contribution in [1.82, 2.24) is 0 Å². The number of anilines is 1. The molecular formula is C10H10F2N2O2. The second-order valence-corrected chi connectivity index (χ2v) is 3.27. The number of primary amides is 1. The maximum atomic E-state index is 13.4. The number of hydrogen-bond acceptors (Lipinski definition) is 3. The normalized spacial score (nSPS) is 9.94. The number of amides is 1. The van der Waals surface area contributed by atoms with Crippen LogP contribution in [0.15, 0.2) is 12.1 Å². The highest BCUT2D eigenvalue weighted by Gasteiger charge is 2.16. The molecule has 1 amide bonds. The van der Waals surface area contributed by atoms with Crippen LogP contribution in [0.3, 0.4) is 0 Å². The SMILES string of the molecule is CN(CC(N)=O)c1c(F)cc(C=O)cc1F. The van der Waals surface area contributed by atoms with Gasteiger partial charge in [-0.1, -0.05) is 0 Å². The number of benzene rings is 1. The van der Waals surface area contributed by atoms with E-state index in [0.29, 0.717) is 6.29 Å². The van der Waals surface area contributed by atoms with Gasteiger partial charge in [-0.3, -0.25) is 9.59 Å². The highest BCUT2D eigenvalue weighted by molar-refractivity contribution is 5.80. The summed E-state index contributed by atoms with van der Waals surface area (Å²) >= 11 is 0. The van der Waals surface area contributed by atoms with E-state index in [4.69, 9.17) is 5.73 Å². The van der Waals surface area contributed by atoms with Crippen molar-refractivity contribution in [1.29, 1.82) is 0 Å². The van der Waals surface area contributed by atoms with Gasteiger partial charge in [0, 0.05) is 12.6 Å². The maximum absolute atomic E-state index is 13.4. The van der Waals surface area contributed by atoms with E-state index in [1.807, 2.05) is 0 Å². The molecule has 0 aliphatic rings. The average molecular weight is 228 g/mol. The molecule has 16 heavy (non-hydrogen) atoms. The Labute approximate surface area is 90.6 Å². The van der Waals surface area contributed by atoms with Crippen LogP contribution >= 0.6 is 0 Å². The van der Waals surface area contributed by atoms with Gasteiger partial charge in [-0.05, 0) is 12.1 Å². The fraction of sp³-hybridized carbons (Fsp3) is 0.200. The van der Waals surface area contributed by atoms with Gasteiger partial charge in [-0.2, -0.15) is 0 Å². The Morgan fingerprint density at radius 2 is 1.94 bits per heavy atom. The molecule has 0 bridgehead atoms. The Kier molecular flexibility index (Phi) is 3.55. The summed E-state index contributed by atoms with van der Waals surface area (Å²) in [5, 5.41) is 0. The van der Waals surface area contributed by atoms with Gasteiger partial charge in [0.25, 0.3) is 0 Å². The first kappa shape index (κ1) is 12.1. The van der Waals surface area contributed by atoms with Crippen LogP contribution in [-0.4, -0.2) is 25.8 Å². The molecule has 86 valence electrons. The quantitative estimate of drug-likeness (QED) is 0.771. The highest BCUT2D eigenvalue weighted by Crippen LogP contribution is 2.23. The van der Waals surface area contributed by atoms with E-state index in [1.54, 1.807) is 0 Å². The van der Waals surface area contributed by atoms with E-state index in [1.165, 1.54) is 7.05 Å². The van der Waals surface area contributed by atoms with Gasteiger partial charge >= 0.3 is 0 Å². The van der Waals surface area contributed by atoms with Gasteiger partial charge in [0.15, 0.2) is 0 Å². The summed E-state index contributed by atoms with van der Waals surface area (Å²) < 4.78 is 26.8. The van der Waals surface area contributed by atoms with Crippen molar-refractivity contribution in [3.63, 3.8) is 0 Å². The number of halogens is 2. The first-order valence-corrected chi connectivity index (χ1v) is 4.39. The standard InChI is InChI=1S/C10H10F2N2O2/c1-14(4-9(13)16)10-7(11)2-6(5-15)3-8(10)12/h2-3,5H,4H2,1H3,(H2,13,16). The Balaban J connectivity index is 3.13. The van der Waals surface area contributed by atoms with Gasteiger partial charge in [0.2, 0.25) is 5.91 Å². The molecule has 1 aromatic carbocycles. The molecule has 1 aromatic rings. The molecule has 0 aliphatic carbocycles. The predicted octanol–water partition coefficient (Wildman–Crippen LogP) is 0.699. The van der Waals surface area contributed by atoms with Crippen LogP contribution in [0.1, 0.15) is 10.4 Å². The summed E-state index contributed by atoms with van der Waals surface area (Å²) in [5.41, 5.74) is 4.42. The molecule has 0 radical (unpaired) electrons. The summed E-state index contributed by atoms with van der Waals surface area (Å²) in [6, 6.07) is 1.78. The van der Waals surface area contributed by atoms with Crippen molar-refractivity contribution in [3.05, 3.63) is 29.3 Å². The molecule has 0 aliphatic heterocycles. The number of likely N-dealkylation sites (N-methyl/N-ethyl adjacent to an activating group) is 1. The van der Waals surface area contributed by atoms with Crippen molar-refractivity contribution in [2.45, 2.75) is 0 Å². The lowest BCUT2D eigenvalue weighted by Gasteiger charge is -2.18. The zero-order valence-electron chi connectivity index (χ0n) is 8.54. The van der Waals surface area contributed by atoms with Crippen molar-refractivity contribution >= 4 is 17.9 Å². The summed E-state index contributed by atoms with van der Waals surface area (Å²) in [6.45, 7) is -0.311. The molecule has 0 heterocycles. The maximum Gasteiger partial charge on any atom is 0.236 e. The van der Waals surface area contributed by atoms with Crippen LogP contribution in [0, 0.1) is 11.6 Å². The Morgan fingerprint density at radius 1 is 1.44 bits per heavy atom. The van der Waals surface area contributed by atoms with Crippen LogP contribution in [-0.2, 0) is 4.79 Å². The largest absolute Gasteiger partial charge is 0.368 e. The molecular weight excluding hydrogens is 218 g/mol. The van der Waals surface area contributed by atoms with Crippen LogP contribution in [0.4, 0.5) is 14.5 Å². The Morgan fingerprint density at radius 3 is 2.31 bits per heavy atom. The van der Waals surface area contributed by atoms with E-state index in [-0.39, 0.29) is 17.8 Å². The lowest BCUT2D eigenvalue weighted by atomic mass is 10.2. The number of nitrogens with two attached hydrogens (primary N) is 1. The number of hydrogen-bond donors (Lipinski definition) is 1. The first-order valence-electron chi connectivity index (χ1n) is 4.39. The molecule has 0 fully saturated rings. The third-order valence-electron chi connectivity index (χ3n) is 1.95. The van der Waals surface area contributed by atoms with Gasteiger partial charge in [0.1, 0.15) is 23.6 Å². The summed E-state index contributed by atoms with van der Waals surface area (Å²) in [5.74, 6) is -2.53. The van der Waals surface area contributed by atoms with Crippen molar-refractivity contribution in [2.75, 3.05) is 18.5 Å². The highest BCUT2D eigenvalue weighted by atomic mass is 19.1. The number of carbonyl (C=O) groups excluding carboxylic acids is 2. The number of carbonyl (C=O) groups is 2. The predicted molar refractivity (Wildman–Crippen MR) is 54.2 cm³/mol. The molecule has 6 heteroatoms. The Bertz CT molecular complexity index is 412. The Hall–Kier alpha value is -1.98. The van der Waals surface area contributed by atoms with Gasteiger partial charge in [-0.15, -0.1) is 0 Å². The van der Waals surface area contributed by atoms with Crippen LogP contribution in [0.2, 0.25) is 0 Å². The van der Waals surface area contributed by atoms with Crippen LogP contribution in [0.5, 0.6) is 0 Å². The monoisotopic (exact) mass is 228 g/mol. The molecule has 0 spiro atoms. The molecule has 4 nitrogen and oxygen atoms in total. The van der Waals surface area contributed by atoms with Gasteiger partial charge < -0.3 is 10.6 Å². The smallest absolute Gasteiger partial charge is 0.236 e. The fourth-order valence-corrected chi connectivity index (χ4v) is 1.33. The van der Waals surface area contributed by atoms with Gasteiger partial charge in [0.05, 0.1) is 6.54 Å². The zero-order valence-corrected chi connectivity index (χ0v) is 8.54. The second kappa shape index (κ2) is 4.69. The summed E-state index contributed by atoms with van der Waals surface area (Å²) in [7, 11) is 1.33. The van der Waals surface area contributed by atoms with E-state index in [9.17, 15) is 18.4 Å². The zero-order chi connectivity index (χ0) is 12.3. The lowest BCUT2D eigenvalue weighted by Crippen LogP contribution is -2.31. The van der Waals surface area contributed by atoms with E-state index >= 15 is 0 Å². The van der Waals surface area contributed by atoms with Crippen LogP contribution < -0.4 is 10.6 Å². The molecule has 0 unspecified atom stereocenters. The molecule has 0 saturated carbocycles. The van der Waals surface area contributed by atoms with E-state index in [0.717, 1.165) is 17.0 Å². The van der Waals surface area contributed by atoms with Crippen molar-refractivity contribution < 1.29 is 18.4 Å². The minimum atomic E-state index is -0.911. The van der Waals surface area contributed by atoms with E-state index < -0.39 is 17.5 Å². The van der Waals surface area contributed by atoms with Crippen LogP contribution in [0.25, 0.3) is 0 Å².